The van der Waals surface area contributed by atoms with Gasteiger partial charge in [-0.1, -0.05) is 35.5 Å². The highest BCUT2D eigenvalue weighted by Gasteiger charge is 2.20. The van der Waals surface area contributed by atoms with Gasteiger partial charge in [-0.2, -0.15) is 0 Å². The van der Waals surface area contributed by atoms with Gasteiger partial charge in [-0.15, -0.1) is 0 Å². The predicted molar refractivity (Wildman–Crippen MR) is 84.8 cm³/mol. The minimum Gasteiger partial charge on any atom is -0.501 e. The number of nitrogens with zero attached hydrogens (tertiary/aromatic N) is 3. The molecule has 122 valence electrons. The Labute approximate surface area is 136 Å². The summed E-state index contributed by atoms with van der Waals surface area (Å²) in [5.74, 6) is -1.06. The van der Waals surface area contributed by atoms with E-state index in [4.69, 9.17) is 0 Å². The number of carbonyl (C=O) groups excluding carboxylic acids is 1. The lowest BCUT2D eigenvalue weighted by Crippen LogP contribution is -2.27. The summed E-state index contributed by atoms with van der Waals surface area (Å²) in [6, 6.07) is 9.39. The van der Waals surface area contributed by atoms with Crippen molar-refractivity contribution in [3.05, 3.63) is 70.2 Å². The van der Waals surface area contributed by atoms with Crippen LogP contribution in [0.15, 0.2) is 52.1 Å². The highest BCUT2D eigenvalue weighted by molar-refractivity contribution is 6.04. The summed E-state index contributed by atoms with van der Waals surface area (Å²) in [6.45, 7) is 0. The number of anilines is 1. The molecule has 0 aliphatic rings. The van der Waals surface area contributed by atoms with Crippen molar-refractivity contribution in [2.45, 2.75) is 6.42 Å². The van der Waals surface area contributed by atoms with Gasteiger partial charge in [-0.25, -0.2) is 4.98 Å². The van der Waals surface area contributed by atoms with Crippen LogP contribution in [0, 0.1) is 0 Å². The van der Waals surface area contributed by atoms with E-state index >= 15 is 0 Å². The molecule has 3 rings (SSSR count). The zero-order valence-electron chi connectivity index (χ0n) is 12.8. The number of carbonyl (C=O) groups is 1. The first kappa shape index (κ1) is 15.5. The molecule has 8 nitrogen and oxygen atoms in total. The van der Waals surface area contributed by atoms with Crippen LogP contribution in [-0.2, 0) is 13.5 Å². The van der Waals surface area contributed by atoms with Crippen LogP contribution in [0.4, 0.5) is 5.69 Å². The Morgan fingerprint density at radius 2 is 2.08 bits per heavy atom. The number of nitrogens with one attached hydrogen (secondary N) is 1. The van der Waals surface area contributed by atoms with E-state index in [9.17, 15) is 14.7 Å². The molecule has 2 N–H and O–H groups in total. The van der Waals surface area contributed by atoms with Crippen LogP contribution >= 0.6 is 0 Å². The number of rotatable bonds is 4. The average molecular weight is 326 g/mol. The number of hydrogen-bond donors (Lipinski definition) is 2. The van der Waals surface area contributed by atoms with Gasteiger partial charge < -0.3 is 14.9 Å². The fraction of sp³-hybridized carbons (Fsp3) is 0.125. The van der Waals surface area contributed by atoms with E-state index in [0.717, 1.165) is 5.56 Å². The second-order valence-electron chi connectivity index (χ2n) is 5.12. The van der Waals surface area contributed by atoms with Crippen molar-refractivity contribution in [1.82, 2.24) is 14.7 Å². The van der Waals surface area contributed by atoms with Gasteiger partial charge >= 0.3 is 0 Å². The molecular formula is C16H14N4O4. The maximum absolute atomic E-state index is 12.2. The van der Waals surface area contributed by atoms with Crippen LogP contribution < -0.4 is 10.9 Å². The van der Waals surface area contributed by atoms with E-state index in [1.165, 1.54) is 24.1 Å². The van der Waals surface area contributed by atoms with Crippen molar-refractivity contribution < 1.29 is 14.4 Å². The molecule has 24 heavy (non-hydrogen) atoms. The third kappa shape index (κ3) is 3.02. The van der Waals surface area contributed by atoms with E-state index in [-0.39, 0.29) is 5.69 Å². The third-order valence-electron chi connectivity index (χ3n) is 3.47. The molecule has 1 aromatic carbocycles. The van der Waals surface area contributed by atoms with Crippen molar-refractivity contribution in [3.63, 3.8) is 0 Å². The van der Waals surface area contributed by atoms with Crippen molar-refractivity contribution in [3.8, 4) is 5.75 Å². The fourth-order valence-electron chi connectivity index (χ4n) is 2.19. The van der Waals surface area contributed by atoms with E-state index in [1.54, 1.807) is 0 Å². The molecule has 0 radical (unpaired) electrons. The van der Waals surface area contributed by atoms with E-state index in [0.29, 0.717) is 17.9 Å². The van der Waals surface area contributed by atoms with E-state index in [2.05, 4.69) is 20.0 Å². The average Bonchev–Trinajstić information content (AvgIpc) is 3.09. The molecule has 0 saturated heterocycles. The molecule has 3 aromatic rings. The third-order valence-corrected chi connectivity index (χ3v) is 3.47. The number of benzene rings is 1. The van der Waals surface area contributed by atoms with Crippen LogP contribution in [0.3, 0.4) is 0 Å². The normalized spacial score (nSPS) is 10.5. The van der Waals surface area contributed by atoms with Crippen molar-refractivity contribution >= 4 is 11.6 Å². The van der Waals surface area contributed by atoms with E-state index in [1.807, 2.05) is 30.3 Å². The van der Waals surface area contributed by atoms with Crippen LogP contribution in [-0.4, -0.2) is 25.7 Å². The molecule has 0 unspecified atom stereocenters. The Bertz CT molecular complexity index is 917. The summed E-state index contributed by atoms with van der Waals surface area (Å²) in [4.78, 5) is 28.6. The van der Waals surface area contributed by atoms with Gasteiger partial charge in [-0.05, 0) is 5.56 Å². The van der Waals surface area contributed by atoms with Gasteiger partial charge in [0.2, 0.25) is 5.75 Å². The van der Waals surface area contributed by atoms with Crippen molar-refractivity contribution in [1.29, 1.82) is 0 Å². The number of aromatic nitrogens is 3. The molecule has 0 spiro atoms. The van der Waals surface area contributed by atoms with Gasteiger partial charge in [0, 0.05) is 13.5 Å². The molecule has 2 aromatic heterocycles. The number of aromatic hydroxyl groups is 1. The zero-order valence-corrected chi connectivity index (χ0v) is 12.8. The molecule has 0 fully saturated rings. The molecule has 0 atom stereocenters. The SMILES string of the molecule is Cn1c(Cc2ccccc2)nc(C(=O)Nc2cnoc2)c(O)c1=O. The maximum Gasteiger partial charge on any atom is 0.296 e. The van der Waals surface area contributed by atoms with Crippen LogP contribution in [0.2, 0.25) is 0 Å². The summed E-state index contributed by atoms with van der Waals surface area (Å²) in [5.41, 5.74) is 0.194. The van der Waals surface area contributed by atoms with Crippen LogP contribution in [0.1, 0.15) is 21.9 Å². The minimum absolute atomic E-state index is 0.298. The quantitative estimate of drug-likeness (QED) is 0.748. The number of hydrogen-bond acceptors (Lipinski definition) is 6. The summed E-state index contributed by atoms with van der Waals surface area (Å²) in [6.07, 6.45) is 2.86. The van der Waals surface area contributed by atoms with Crippen molar-refractivity contribution in [2.24, 2.45) is 7.05 Å². The summed E-state index contributed by atoms with van der Waals surface area (Å²) in [7, 11) is 1.50. The first-order valence-corrected chi connectivity index (χ1v) is 7.10. The van der Waals surface area contributed by atoms with Gasteiger partial charge in [0.25, 0.3) is 11.5 Å². The molecule has 0 bridgehead atoms. The summed E-state index contributed by atoms with van der Waals surface area (Å²) < 4.78 is 5.83. The smallest absolute Gasteiger partial charge is 0.296 e. The minimum atomic E-state index is -0.720. The first-order chi connectivity index (χ1) is 11.6. The molecular weight excluding hydrogens is 312 g/mol. The largest absolute Gasteiger partial charge is 0.501 e. The molecule has 1 amide bonds. The standard InChI is InChI=1S/C16H14N4O4/c1-20-12(7-10-5-3-2-4-6-10)19-13(14(21)16(20)23)15(22)18-11-8-17-24-9-11/h2-6,8-9,21H,7H2,1H3,(H,18,22). The van der Waals surface area contributed by atoms with Gasteiger partial charge in [0.15, 0.2) is 5.69 Å². The Morgan fingerprint density at radius 1 is 1.33 bits per heavy atom. The van der Waals surface area contributed by atoms with Gasteiger partial charge in [0.1, 0.15) is 17.8 Å². The number of amides is 1. The lowest BCUT2D eigenvalue weighted by atomic mass is 10.1. The molecule has 0 aliphatic carbocycles. The second-order valence-corrected chi connectivity index (χ2v) is 5.12. The fourth-order valence-corrected chi connectivity index (χ4v) is 2.19. The molecule has 2 heterocycles. The Kier molecular flexibility index (Phi) is 4.11. The highest BCUT2D eigenvalue weighted by atomic mass is 16.5. The highest BCUT2D eigenvalue weighted by Crippen LogP contribution is 2.14. The van der Waals surface area contributed by atoms with Crippen molar-refractivity contribution in [2.75, 3.05) is 5.32 Å². The lowest BCUT2D eigenvalue weighted by molar-refractivity contribution is 0.101. The maximum atomic E-state index is 12.2. The first-order valence-electron chi connectivity index (χ1n) is 7.10. The Hall–Kier alpha value is -3.42. The van der Waals surface area contributed by atoms with Gasteiger partial charge in [0.05, 0.1) is 6.20 Å². The lowest BCUT2D eigenvalue weighted by Gasteiger charge is -2.11. The Morgan fingerprint density at radius 3 is 2.75 bits per heavy atom. The van der Waals surface area contributed by atoms with E-state index < -0.39 is 17.2 Å². The summed E-state index contributed by atoms with van der Waals surface area (Å²) >= 11 is 0. The van der Waals surface area contributed by atoms with Gasteiger partial charge in [-0.3, -0.25) is 14.2 Å². The molecule has 8 heteroatoms. The second kappa shape index (κ2) is 6.37. The summed E-state index contributed by atoms with van der Waals surface area (Å²) in [5, 5.41) is 15.9. The molecule has 0 aliphatic heterocycles. The predicted octanol–water partition coefficient (Wildman–Crippen LogP) is 1.32. The van der Waals surface area contributed by atoms with Crippen LogP contribution in [0.5, 0.6) is 5.75 Å². The topological polar surface area (TPSA) is 110 Å². The monoisotopic (exact) mass is 326 g/mol. The van der Waals surface area contributed by atoms with Crippen LogP contribution in [0.25, 0.3) is 0 Å². The molecule has 0 saturated carbocycles. The zero-order chi connectivity index (χ0) is 17.1. The Balaban J connectivity index is 1.97.